The minimum atomic E-state index is 0.321. The van der Waals surface area contributed by atoms with Crippen LogP contribution in [0.5, 0.6) is 0 Å². The van der Waals surface area contributed by atoms with Crippen LogP contribution in [0.25, 0.3) is 0 Å². The van der Waals surface area contributed by atoms with Crippen molar-refractivity contribution in [2.45, 2.75) is 26.4 Å². The van der Waals surface area contributed by atoms with Gasteiger partial charge < -0.3 is 5.32 Å². The van der Waals surface area contributed by atoms with Gasteiger partial charge in [-0.1, -0.05) is 47.4 Å². The van der Waals surface area contributed by atoms with Crippen molar-refractivity contribution in [2.24, 2.45) is 5.92 Å². The van der Waals surface area contributed by atoms with Crippen LogP contribution in [0, 0.1) is 5.92 Å². The van der Waals surface area contributed by atoms with Gasteiger partial charge in [0.2, 0.25) is 0 Å². The quantitative estimate of drug-likeness (QED) is 0.789. The second kappa shape index (κ2) is 6.85. The summed E-state index contributed by atoms with van der Waals surface area (Å²) in [5, 5.41) is 4.19. The van der Waals surface area contributed by atoms with Crippen LogP contribution in [-0.2, 0) is 6.54 Å². The molecule has 0 spiro atoms. The van der Waals surface area contributed by atoms with Gasteiger partial charge in [0, 0.05) is 28.0 Å². The molecule has 0 aliphatic rings. The molecule has 1 N–H and O–H groups in total. The highest BCUT2D eigenvalue weighted by Gasteiger charge is 2.11. The van der Waals surface area contributed by atoms with E-state index in [0.29, 0.717) is 17.8 Å². The molecule has 0 fully saturated rings. The highest BCUT2D eigenvalue weighted by Crippen LogP contribution is 2.21. The van der Waals surface area contributed by atoms with Gasteiger partial charge in [-0.25, -0.2) is 0 Å². The molecule has 0 heterocycles. The van der Waals surface area contributed by atoms with Gasteiger partial charge in [-0.2, -0.15) is 0 Å². The highest BCUT2D eigenvalue weighted by atomic mass is 79.9. The van der Waals surface area contributed by atoms with Crippen LogP contribution in [0.4, 0.5) is 0 Å². The molecule has 1 nitrogen and oxygen atoms in total. The maximum absolute atomic E-state index is 6.13. The van der Waals surface area contributed by atoms with Crippen molar-refractivity contribution < 1.29 is 0 Å². The number of rotatable bonds is 5. The van der Waals surface area contributed by atoms with Crippen molar-refractivity contribution >= 4 is 39.1 Å². The standard InChI is InChI=1S/C12H16BrCl2N/c1-8(2)12(6-14)16-7-9-3-4-10(13)5-11(9)15/h3-5,8,12,16H,6-7H2,1-2H3. The zero-order valence-corrected chi connectivity index (χ0v) is 12.5. The van der Waals surface area contributed by atoms with Crippen LogP contribution >= 0.6 is 39.1 Å². The molecule has 16 heavy (non-hydrogen) atoms. The molecular formula is C12H16BrCl2N. The molecule has 0 saturated carbocycles. The monoisotopic (exact) mass is 323 g/mol. The van der Waals surface area contributed by atoms with E-state index in [0.717, 1.165) is 21.6 Å². The van der Waals surface area contributed by atoms with Crippen molar-refractivity contribution in [1.29, 1.82) is 0 Å². The first-order chi connectivity index (χ1) is 7.54. The fourth-order valence-corrected chi connectivity index (χ4v) is 2.58. The van der Waals surface area contributed by atoms with Crippen LogP contribution in [0.15, 0.2) is 22.7 Å². The fraction of sp³-hybridized carbons (Fsp3) is 0.500. The maximum Gasteiger partial charge on any atom is 0.0462 e. The van der Waals surface area contributed by atoms with E-state index in [1.807, 2.05) is 18.2 Å². The van der Waals surface area contributed by atoms with Gasteiger partial charge in [0.05, 0.1) is 0 Å². The smallest absolute Gasteiger partial charge is 0.0462 e. The average molecular weight is 325 g/mol. The summed E-state index contributed by atoms with van der Waals surface area (Å²) in [5.74, 6) is 1.14. The minimum Gasteiger partial charge on any atom is -0.308 e. The van der Waals surface area contributed by atoms with Crippen LogP contribution < -0.4 is 5.32 Å². The number of alkyl halides is 1. The summed E-state index contributed by atoms with van der Waals surface area (Å²) in [5.41, 5.74) is 1.10. The summed E-state index contributed by atoms with van der Waals surface area (Å²) in [6.45, 7) is 5.06. The predicted molar refractivity (Wildman–Crippen MR) is 75.3 cm³/mol. The molecule has 1 rings (SSSR count). The molecule has 1 unspecified atom stereocenters. The molecule has 0 radical (unpaired) electrons. The first kappa shape index (κ1) is 14.3. The Labute approximate surface area is 116 Å². The van der Waals surface area contributed by atoms with Gasteiger partial charge in [-0.3, -0.25) is 0 Å². The molecule has 0 aliphatic heterocycles. The Kier molecular flexibility index (Phi) is 6.12. The zero-order chi connectivity index (χ0) is 12.1. The van der Waals surface area contributed by atoms with E-state index in [1.165, 1.54) is 0 Å². The summed E-state index contributed by atoms with van der Waals surface area (Å²) in [7, 11) is 0. The first-order valence-electron chi connectivity index (χ1n) is 5.28. The summed E-state index contributed by atoms with van der Waals surface area (Å²) in [6, 6.07) is 6.24. The van der Waals surface area contributed by atoms with Crippen molar-refractivity contribution in [3.63, 3.8) is 0 Å². The van der Waals surface area contributed by atoms with E-state index < -0.39 is 0 Å². The Hall–Kier alpha value is 0.240. The van der Waals surface area contributed by atoms with Crippen LogP contribution in [0.3, 0.4) is 0 Å². The Morgan fingerprint density at radius 2 is 2.06 bits per heavy atom. The Morgan fingerprint density at radius 1 is 1.38 bits per heavy atom. The Morgan fingerprint density at radius 3 is 2.56 bits per heavy atom. The Bertz CT molecular complexity index is 342. The van der Waals surface area contributed by atoms with E-state index in [2.05, 4.69) is 35.1 Å². The van der Waals surface area contributed by atoms with E-state index in [9.17, 15) is 0 Å². The first-order valence-corrected chi connectivity index (χ1v) is 6.98. The topological polar surface area (TPSA) is 12.0 Å². The van der Waals surface area contributed by atoms with Gasteiger partial charge in [0.25, 0.3) is 0 Å². The van der Waals surface area contributed by atoms with Crippen LogP contribution in [0.1, 0.15) is 19.4 Å². The molecule has 0 aliphatic carbocycles. The molecule has 1 aromatic rings. The third-order valence-corrected chi connectivity index (χ3v) is 3.72. The largest absolute Gasteiger partial charge is 0.308 e. The third-order valence-electron chi connectivity index (χ3n) is 2.54. The zero-order valence-electron chi connectivity index (χ0n) is 9.43. The summed E-state index contributed by atoms with van der Waals surface area (Å²) < 4.78 is 0.999. The van der Waals surface area contributed by atoms with Gasteiger partial charge in [0.1, 0.15) is 0 Å². The number of hydrogen-bond donors (Lipinski definition) is 1. The van der Waals surface area contributed by atoms with E-state index in [-0.39, 0.29) is 0 Å². The highest BCUT2D eigenvalue weighted by molar-refractivity contribution is 9.10. The number of nitrogens with one attached hydrogen (secondary N) is 1. The van der Waals surface area contributed by atoms with Gasteiger partial charge in [-0.05, 0) is 23.6 Å². The van der Waals surface area contributed by atoms with Crippen molar-refractivity contribution in [2.75, 3.05) is 5.88 Å². The SMILES string of the molecule is CC(C)C(CCl)NCc1ccc(Br)cc1Cl. The molecule has 0 bridgehead atoms. The third kappa shape index (κ3) is 4.25. The van der Waals surface area contributed by atoms with Gasteiger partial charge in [-0.15, -0.1) is 11.6 Å². The molecule has 90 valence electrons. The predicted octanol–water partition coefficient (Wildman–Crippen LogP) is 4.46. The van der Waals surface area contributed by atoms with E-state index in [4.69, 9.17) is 23.2 Å². The lowest BCUT2D eigenvalue weighted by atomic mass is 10.1. The van der Waals surface area contributed by atoms with Crippen molar-refractivity contribution in [1.82, 2.24) is 5.32 Å². The van der Waals surface area contributed by atoms with Crippen LogP contribution in [-0.4, -0.2) is 11.9 Å². The van der Waals surface area contributed by atoms with E-state index in [1.54, 1.807) is 0 Å². The number of benzene rings is 1. The van der Waals surface area contributed by atoms with Crippen molar-refractivity contribution in [3.8, 4) is 0 Å². The second-order valence-corrected chi connectivity index (χ2v) is 5.75. The fourth-order valence-electron chi connectivity index (χ4n) is 1.37. The molecule has 1 atom stereocenters. The van der Waals surface area contributed by atoms with E-state index >= 15 is 0 Å². The molecule has 0 saturated heterocycles. The van der Waals surface area contributed by atoms with Gasteiger partial charge in [0.15, 0.2) is 0 Å². The normalized spacial score (nSPS) is 13.1. The second-order valence-electron chi connectivity index (χ2n) is 4.12. The average Bonchev–Trinajstić information content (AvgIpc) is 2.21. The maximum atomic E-state index is 6.13. The molecule has 1 aromatic carbocycles. The van der Waals surface area contributed by atoms with Crippen molar-refractivity contribution in [3.05, 3.63) is 33.3 Å². The lowest BCUT2D eigenvalue weighted by molar-refractivity contribution is 0.430. The summed E-state index contributed by atoms with van der Waals surface area (Å²) in [6.07, 6.45) is 0. The minimum absolute atomic E-state index is 0.321. The molecule has 0 amide bonds. The Balaban J connectivity index is 2.60. The number of hydrogen-bond acceptors (Lipinski definition) is 1. The lowest BCUT2D eigenvalue weighted by Gasteiger charge is -2.20. The van der Waals surface area contributed by atoms with Gasteiger partial charge >= 0.3 is 0 Å². The number of halogens is 3. The molecular weight excluding hydrogens is 309 g/mol. The molecule has 4 heteroatoms. The summed E-state index contributed by atoms with van der Waals surface area (Å²) >= 11 is 15.4. The summed E-state index contributed by atoms with van der Waals surface area (Å²) in [4.78, 5) is 0. The van der Waals surface area contributed by atoms with Crippen LogP contribution in [0.2, 0.25) is 5.02 Å². The molecule has 0 aromatic heterocycles. The lowest BCUT2D eigenvalue weighted by Crippen LogP contribution is -2.34.